The van der Waals surface area contributed by atoms with Gasteiger partial charge in [-0.2, -0.15) is 11.8 Å². The summed E-state index contributed by atoms with van der Waals surface area (Å²) >= 11 is 2.16. The quantitative estimate of drug-likeness (QED) is 0.707. The normalized spacial score (nSPS) is 28.4. The van der Waals surface area contributed by atoms with Crippen LogP contribution in [0.2, 0.25) is 0 Å². The predicted molar refractivity (Wildman–Crippen MR) is 60.1 cm³/mol. The van der Waals surface area contributed by atoms with Crippen LogP contribution in [0, 0.1) is 0 Å². The third-order valence-electron chi connectivity index (χ3n) is 3.30. The van der Waals surface area contributed by atoms with Crippen LogP contribution < -0.4 is 5.73 Å². The van der Waals surface area contributed by atoms with Crippen LogP contribution in [0.15, 0.2) is 0 Å². The molecule has 0 atom stereocenters. The minimum atomic E-state index is 0.261. The molecule has 0 bridgehead atoms. The summed E-state index contributed by atoms with van der Waals surface area (Å²) in [5.41, 5.74) is 6.34. The SMILES string of the molecule is NC1(CSC2CCCCCC2)CC1. The number of thioether (sulfide) groups is 1. The molecular formula is C11H21NS. The monoisotopic (exact) mass is 199 g/mol. The summed E-state index contributed by atoms with van der Waals surface area (Å²) in [6.07, 6.45) is 11.3. The molecule has 13 heavy (non-hydrogen) atoms. The summed E-state index contributed by atoms with van der Waals surface area (Å²) in [5.74, 6) is 1.22. The van der Waals surface area contributed by atoms with Gasteiger partial charge in [-0.05, 0) is 25.7 Å². The second-order valence-electron chi connectivity index (χ2n) is 4.79. The van der Waals surface area contributed by atoms with Crippen molar-refractivity contribution in [1.82, 2.24) is 0 Å². The van der Waals surface area contributed by atoms with Crippen LogP contribution in [-0.4, -0.2) is 16.5 Å². The molecular weight excluding hydrogens is 178 g/mol. The van der Waals surface area contributed by atoms with Crippen molar-refractivity contribution in [2.24, 2.45) is 5.73 Å². The molecule has 2 saturated carbocycles. The van der Waals surface area contributed by atoms with Crippen LogP contribution in [-0.2, 0) is 0 Å². The highest BCUT2D eigenvalue weighted by Gasteiger charge is 2.38. The van der Waals surface area contributed by atoms with Crippen molar-refractivity contribution in [3.63, 3.8) is 0 Å². The van der Waals surface area contributed by atoms with Crippen LogP contribution in [0.5, 0.6) is 0 Å². The van der Waals surface area contributed by atoms with Crippen molar-refractivity contribution in [3.05, 3.63) is 0 Å². The molecule has 0 unspecified atom stereocenters. The Bertz CT molecular complexity index is 157. The van der Waals surface area contributed by atoms with E-state index in [1.807, 2.05) is 0 Å². The van der Waals surface area contributed by atoms with Gasteiger partial charge < -0.3 is 5.73 Å². The van der Waals surface area contributed by atoms with Gasteiger partial charge in [0.15, 0.2) is 0 Å². The van der Waals surface area contributed by atoms with Crippen molar-refractivity contribution in [1.29, 1.82) is 0 Å². The smallest absolute Gasteiger partial charge is 0.0247 e. The zero-order valence-electron chi connectivity index (χ0n) is 8.43. The number of rotatable bonds is 3. The predicted octanol–water partition coefficient (Wildman–Crippen LogP) is 2.93. The Hall–Kier alpha value is 0.310. The molecule has 0 saturated heterocycles. The minimum Gasteiger partial charge on any atom is -0.324 e. The lowest BCUT2D eigenvalue weighted by atomic mass is 10.2. The van der Waals surface area contributed by atoms with Crippen molar-refractivity contribution < 1.29 is 0 Å². The lowest BCUT2D eigenvalue weighted by Gasteiger charge is -2.16. The average Bonchev–Trinajstić information content (AvgIpc) is 2.87. The fourth-order valence-electron chi connectivity index (χ4n) is 2.00. The Balaban J connectivity index is 1.67. The molecule has 1 nitrogen and oxygen atoms in total. The zero-order valence-corrected chi connectivity index (χ0v) is 9.24. The van der Waals surface area contributed by atoms with Crippen molar-refractivity contribution >= 4 is 11.8 Å². The van der Waals surface area contributed by atoms with Gasteiger partial charge >= 0.3 is 0 Å². The first kappa shape index (κ1) is 9.85. The van der Waals surface area contributed by atoms with E-state index < -0.39 is 0 Å². The molecule has 2 N–H and O–H groups in total. The van der Waals surface area contributed by atoms with E-state index in [1.54, 1.807) is 0 Å². The molecule has 2 aliphatic rings. The molecule has 0 spiro atoms. The van der Waals surface area contributed by atoms with Crippen molar-refractivity contribution in [3.8, 4) is 0 Å². The summed E-state index contributed by atoms with van der Waals surface area (Å²) in [4.78, 5) is 0. The molecule has 76 valence electrons. The van der Waals surface area contributed by atoms with Gasteiger partial charge in [0.1, 0.15) is 0 Å². The lowest BCUT2D eigenvalue weighted by Crippen LogP contribution is -2.25. The van der Waals surface area contributed by atoms with E-state index >= 15 is 0 Å². The average molecular weight is 199 g/mol. The van der Waals surface area contributed by atoms with Crippen molar-refractivity contribution in [2.45, 2.75) is 62.2 Å². The van der Waals surface area contributed by atoms with Gasteiger partial charge in [0.25, 0.3) is 0 Å². The minimum absolute atomic E-state index is 0.261. The topological polar surface area (TPSA) is 26.0 Å². The highest BCUT2D eigenvalue weighted by Crippen LogP contribution is 2.38. The van der Waals surface area contributed by atoms with E-state index in [9.17, 15) is 0 Å². The Morgan fingerprint density at radius 2 is 1.69 bits per heavy atom. The van der Waals surface area contributed by atoms with Gasteiger partial charge in [-0.15, -0.1) is 0 Å². The molecule has 0 amide bonds. The van der Waals surface area contributed by atoms with E-state index in [4.69, 9.17) is 5.73 Å². The van der Waals surface area contributed by atoms with E-state index in [1.165, 1.54) is 57.1 Å². The summed E-state index contributed by atoms with van der Waals surface area (Å²) in [6, 6.07) is 0. The Kier molecular flexibility index (Phi) is 3.20. The third-order valence-corrected chi connectivity index (χ3v) is 4.99. The standard InChI is InChI=1S/C11H21NS/c12-11(7-8-11)9-13-10-5-3-1-2-4-6-10/h10H,1-9,12H2. The first-order valence-electron chi connectivity index (χ1n) is 5.69. The molecule has 0 aliphatic heterocycles. The van der Waals surface area contributed by atoms with Gasteiger partial charge in [-0.3, -0.25) is 0 Å². The third kappa shape index (κ3) is 3.17. The van der Waals surface area contributed by atoms with Crippen LogP contribution in [0.25, 0.3) is 0 Å². The summed E-state index contributed by atoms with van der Waals surface area (Å²) in [6.45, 7) is 0. The Morgan fingerprint density at radius 3 is 2.23 bits per heavy atom. The van der Waals surface area contributed by atoms with E-state index in [0.717, 1.165) is 5.25 Å². The summed E-state index contributed by atoms with van der Waals surface area (Å²) in [5, 5.41) is 0.934. The maximum Gasteiger partial charge on any atom is 0.0247 e. The van der Waals surface area contributed by atoms with Crippen LogP contribution in [0.3, 0.4) is 0 Å². The summed E-state index contributed by atoms with van der Waals surface area (Å²) < 4.78 is 0. The van der Waals surface area contributed by atoms with E-state index in [-0.39, 0.29) is 5.54 Å². The molecule has 2 heteroatoms. The Morgan fingerprint density at radius 1 is 1.08 bits per heavy atom. The molecule has 0 aromatic heterocycles. The molecule has 0 aromatic rings. The van der Waals surface area contributed by atoms with Gasteiger partial charge in [-0.1, -0.05) is 25.7 Å². The number of nitrogens with two attached hydrogens (primary N) is 1. The van der Waals surface area contributed by atoms with Gasteiger partial charge in [0, 0.05) is 16.5 Å². The molecule has 2 aliphatic carbocycles. The van der Waals surface area contributed by atoms with E-state index in [2.05, 4.69) is 11.8 Å². The molecule has 0 heterocycles. The number of hydrogen-bond donors (Lipinski definition) is 1. The molecule has 2 rings (SSSR count). The Labute approximate surface area is 85.8 Å². The maximum absolute atomic E-state index is 6.08. The molecule has 0 radical (unpaired) electrons. The maximum atomic E-state index is 6.08. The lowest BCUT2D eigenvalue weighted by molar-refractivity contribution is 0.702. The van der Waals surface area contributed by atoms with Gasteiger partial charge in [-0.25, -0.2) is 0 Å². The highest BCUT2D eigenvalue weighted by atomic mass is 32.2. The van der Waals surface area contributed by atoms with Crippen LogP contribution in [0.1, 0.15) is 51.4 Å². The van der Waals surface area contributed by atoms with E-state index in [0.29, 0.717) is 0 Å². The van der Waals surface area contributed by atoms with Crippen molar-refractivity contribution in [2.75, 3.05) is 5.75 Å². The second kappa shape index (κ2) is 4.22. The largest absolute Gasteiger partial charge is 0.324 e. The molecule has 2 fully saturated rings. The van der Waals surface area contributed by atoms with Crippen LogP contribution in [0.4, 0.5) is 0 Å². The first-order valence-corrected chi connectivity index (χ1v) is 6.74. The van der Waals surface area contributed by atoms with Gasteiger partial charge in [0.2, 0.25) is 0 Å². The van der Waals surface area contributed by atoms with Gasteiger partial charge in [0.05, 0.1) is 0 Å². The fraction of sp³-hybridized carbons (Fsp3) is 1.00. The second-order valence-corrected chi connectivity index (χ2v) is 6.08. The fourth-order valence-corrected chi connectivity index (χ4v) is 3.52. The number of hydrogen-bond acceptors (Lipinski definition) is 2. The molecule has 0 aromatic carbocycles. The zero-order chi connectivity index (χ0) is 9.15. The van der Waals surface area contributed by atoms with Crippen LogP contribution >= 0.6 is 11.8 Å². The highest BCUT2D eigenvalue weighted by molar-refractivity contribution is 8.00. The summed E-state index contributed by atoms with van der Waals surface area (Å²) in [7, 11) is 0. The first-order chi connectivity index (χ1) is 6.29.